The highest BCUT2D eigenvalue weighted by Gasteiger charge is 2.27. The third kappa shape index (κ3) is 5.02. The minimum Gasteiger partial charge on any atom is -0.491 e. The summed E-state index contributed by atoms with van der Waals surface area (Å²) in [5.41, 5.74) is 0. The highest BCUT2D eigenvalue weighted by atomic mass is 16.5. The Balaban J connectivity index is 2.02. The van der Waals surface area contributed by atoms with Crippen molar-refractivity contribution in [2.45, 2.75) is 32.7 Å². The number of hydrogen-bond acceptors (Lipinski definition) is 3. The molecule has 1 aliphatic heterocycles. The smallest absolute Gasteiger partial charge is 0.224 e. The van der Waals surface area contributed by atoms with E-state index >= 15 is 0 Å². The lowest BCUT2D eigenvalue weighted by Gasteiger charge is -2.32. The summed E-state index contributed by atoms with van der Waals surface area (Å²) in [7, 11) is 2.08. The fraction of sp³-hybridized carbons (Fsp3) is 0.611. The molecule has 0 aromatic heterocycles. The minimum atomic E-state index is 0.152. The van der Waals surface area contributed by atoms with Gasteiger partial charge in [-0.3, -0.25) is 4.79 Å². The summed E-state index contributed by atoms with van der Waals surface area (Å²) in [6.07, 6.45) is 1.58. The first kappa shape index (κ1) is 16.8. The average Bonchev–Trinajstić information content (AvgIpc) is 2.66. The summed E-state index contributed by atoms with van der Waals surface area (Å²) >= 11 is 0. The first-order valence-corrected chi connectivity index (χ1v) is 8.22. The van der Waals surface area contributed by atoms with Gasteiger partial charge in [-0.2, -0.15) is 0 Å². The van der Waals surface area contributed by atoms with Gasteiger partial charge in [-0.1, -0.05) is 32.0 Å². The second-order valence-electron chi connectivity index (χ2n) is 6.55. The lowest BCUT2D eigenvalue weighted by atomic mass is 10.0. The Kier molecular flexibility index (Phi) is 6.25. The third-order valence-electron chi connectivity index (χ3n) is 4.12. The summed E-state index contributed by atoms with van der Waals surface area (Å²) in [4.78, 5) is 16.7. The van der Waals surface area contributed by atoms with Gasteiger partial charge in [-0.25, -0.2) is 0 Å². The number of nitrogens with zero attached hydrogens (tertiary/aromatic N) is 2. The summed E-state index contributed by atoms with van der Waals surface area (Å²) in [6, 6.07) is 10.00. The topological polar surface area (TPSA) is 32.8 Å². The summed E-state index contributed by atoms with van der Waals surface area (Å²) in [5, 5.41) is 0. The standard InChI is InChI=1S/C18H28N2O2/c1-15(2)13-16(14-22-17-7-5-4-6-8-17)20-12-11-19(3)10-9-18(20)21/h4-8,15-16H,9-14H2,1-3H3/t16-/m0/s1. The minimum absolute atomic E-state index is 0.152. The first-order valence-electron chi connectivity index (χ1n) is 8.22. The van der Waals surface area contributed by atoms with E-state index in [-0.39, 0.29) is 11.9 Å². The second-order valence-corrected chi connectivity index (χ2v) is 6.55. The fourth-order valence-electron chi connectivity index (χ4n) is 2.87. The van der Waals surface area contributed by atoms with E-state index in [1.54, 1.807) is 0 Å². The van der Waals surface area contributed by atoms with Gasteiger partial charge in [-0.05, 0) is 31.5 Å². The van der Waals surface area contributed by atoms with Crippen LogP contribution in [0, 0.1) is 5.92 Å². The van der Waals surface area contributed by atoms with Gasteiger partial charge in [0.05, 0.1) is 6.04 Å². The number of benzene rings is 1. The van der Waals surface area contributed by atoms with Crippen LogP contribution < -0.4 is 4.74 Å². The molecule has 1 aromatic carbocycles. The summed E-state index contributed by atoms with van der Waals surface area (Å²) in [6.45, 7) is 7.55. The van der Waals surface area contributed by atoms with Gasteiger partial charge in [0.2, 0.25) is 5.91 Å². The Bertz CT molecular complexity index is 461. The molecule has 1 atom stereocenters. The number of rotatable bonds is 6. The molecule has 22 heavy (non-hydrogen) atoms. The predicted molar refractivity (Wildman–Crippen MR) is 89.0 cm³/mol. The number of hydrogen-bond donors (Lipinski definition) is 0. The number of carbonyl (C=O) groups excluding carboxylic acids is 1. The normalized spacial score (nSPS) is 18.4. The van der Waals surface area contributed by atoms with Crippen LogP contribution in [-0.4, -0.2) is 55.0 Å². The molecule has 0 aliphatic carbocycles. The van der Waals surface area contributed by atoms with E-state index in [2.05, 4.69) is 25.8 Å². The van der Waals surface area contributed by atoms with Gasteiger partial charge in [0.1, 0.15) is 12.4 Å². The molecule has 1 amide bonds. The van der Waals surface area contributed by atoms with Crippen LogP contribution in [0.15, 0.2) is 30.3 Å². The van der Waals surface area contributed by atoms with Crippen molar-refractivity contribution < 1.29 is 9.53 Å². The van der Waals surface area contributed by atoms with Gasteiger partial charge >= 0.3 is 0 Å². The molecule has 2 rings (SSSR count). The Morgan fingerprint density at radius 1 is 1.14 bits per heavy atom. The zero-order valence-electron chi connectivity index (χ0n) is 14.0. The van der Waals surface area contributed by atoms with Gasteiger partial charge < -0.3 is 14.5 Å². The number of amides is 1. The molecule has 122 valence electrons. The first-order chi connectivity index (χ1) is 10.6. The maximum Gasteiger partial charge on any atom is 0.224 e. The molecule has 1 saturated heterocycles. The fourth-order valence-corrected chi connectivity index (χ4v) is 2.87. The largest absolute Gasteiger partial charge is 0.491 e. The van der Waals surface area contributed by atoms with E-state index in [1.807, 2.05) is 35.2 Å². The Morgan fingerprint density at radius 3 is 2.55 bits per heavy atom. The molecule has 4 heteroatoms. The number of carbonyl (C=O) groups is 1. The van der Waals surface area contributed by atoms with Gasteiger partial charge in [-0.15, -0.1) is 0 Å². The van der Waals surface area contributed by atoms with E-state index in [1.165, 1.54) is 0 Å². The van der Waals surface area contributed by atoms with Crippen molar-refractivity contribution in [2.75, 3.05) is 33.3 Å². The maximum atomic E-state index is 12.4. The van der Waals surface area contributed by atoms with Crippen LogP contribution in [0.25, 0.3) is 0 Å². The molecule has 0 N–H and O–H groups in total. The van der Waals surface area contributed by atoms with Crippen LogP contribution >= 0.6 is 0 Å². The lowest BCUT2D eigenvalue weighted by molar-refractivity contribution is -0.133. The van der Waals surface area contributed by atoms with Crippen molar-refractivity contribution >= 4 is 5.91 Å². The van der Waals surface area contributed by atoms with E-state index < -0.39 is 0 Å². The molecule has 1 aromatic rings. The molecule has 0 radical (unpaired) electrons. The van der Waals surface area contributed by atoms with Crippen LogP contribution in [0.3, 0.4) is 0 Å². The van der Waals surface area contributed by atoms with Crippen LogP contribution in [0.4, 0.5) is 0 Å². The van der Waals surface area contributed by atoms with Crippen LogP contribution in [0.5, 0.6) is 5.75 Å². The lowest BCUT2D eigenvalue weighted by Crippen LogP contribution is -2.45. The Hall–Kier alpha value is -1.55. The van der Waals surface area contributed by atoms with Crippen molar-refractivity contribution in [3.63, 3.8) is 0 Å². The molecule has 1 heterocycles. The number of para-hydroxylation sites is 1. The van der Waals surface area contributed by atoms with E-state index in [4.69, 9.17) is 4.74 Å². The second kappa shape index (κ2) is 8.18. The molecule has 0 saturated carbocycles. The highest BCUT2D eigenvalue weighted by molar-refractivity contribution is 5.77. The number of likely N-dealkylation sites (N-methyl/N-ethyl adjacent to an activating group) is 1. The molecular weight excluding hydrogens is 276 g/mol. The molecule has 0 spiro atoms. The van der Waals surface area contributed by atoms with E-state index in [0.29, 0.717) is 18.9 Å². The van der Waals surface area contributed by atoms with Crippen molar-refractivity contribution in [3.8, 4) is 5.75 Å². The zero-order chi connectivity index (χ0) is 15.9. The predicted octanol–water partition coefficient (Wildman–Crippen LogP) is 2.64. The molecule has 1 aliphatic rings. The van der Waals surface area contributed by atoms with Gasteiger partial charge in [0.25, 0.3) is 0 Å². The van der Waals surface area contributed by atoms with Gasteiger partial charge in [0.15, 0.2) is 0 Å². The van der Waals surface area contributed by atoms with Crippen molar-refractivity contribution in [1.29, 1.82) is 0 Å². The van der Waals surface area contributed by atoms with Crippen LogP contribution in [0.2, 0.25) is 0 Å². The Labute approximate surface area is 134 Å². The van der Waals surface area contributed by atoms with Gasteiger partial charge in [0, 0.05) is 26.1 Å². The van der Waals surface area contributed by atoms with E-state index in [0.717, 1.165) is 31.8 Å². The van der Waals surface area contributed by atoms with E-state index in [9.17, 15) is 4.79 Å². The number of ether oxygens (including phenoxy) is 1. The Morgan fingerprint density at radius 2 is 1.86 bits per heavy atom. The zero-order valence-corrected chi connectivity index (χ0v) is 14.0. The quantitative estimate of drug-likeness (QED) is 0.810. The molecule has 0 bridgehead atoms. The van der Waals surface area contributed by atoms with Crippen molar-refractivity contribution in [2.24, 2.45) is 5.92 Å². The van der Waals surface area contributed by atoms with Crippen molar-refractivity contribution in [1.82, 2.24) is 9.80 Å². The third-order valence-corrected chi connectivity index (χ3v) is 4.12. The van der Waals surface area contributed by atoms with Crippen LogP contribution in [0.1, 0.15) is 26.7 Å². The maximum absolute atomic E-state index is 12.4. The SMILES string of the molecule is CC(C)C[C@@H](COc1ccccc1)N1CCN(C)CCC1=O. The van der Waals surface area contributed by atoms with Crippen molar-refractivity contribution in [3.05, 3.63) is 30.3 Å². The molecule has 1 fully saturated rings. The average molecular weight is 304 g/mol. The van der Waals surface area contributed by atoms with Crippen LogP contribution in [-0.2, 0) is 4.79 Å². The summed E-state index contributed by atoms with van der Waals surface area (Å²) < 4.78 is 5.93. The summed E-state index contributed by atoms with van der Waals surface area (Å²) in [5.74, 6) is 1.67. The molecule has 0 unspecified atom stereocenters. The highest BCUT2D eigenvalue weighted by Crippen LogP contribution is 2.17. The molecular formula is C18H28N2O2. The molecule has 4 nitrogen and oxygen atoms in total. The monoisotopic (exact) mass is 304 g/mol.